The van der Waals surface area contributed by atoms with E-state index in [1.807, 2.05) is 58.3 Å². The summed E-state index contributed by atoms with van der Waals surface area (Å²) < 4.78 is 25.3. The predicted molar refractivity (Wildman–Crippen MR) is 100 cm³/mol. The van der Waals surface area contributed by atoms with Gasteiger partial charge in [0.2, 0.25) is 0 Å². The number of carbonyl (C=O) groups is 1. The van der Waals surface area contributed by atoms with Crippen LogP contribution in [0.4, 0.5) is 0 Å². The molecule has 1 aromatic heterocycles. The molecule has 0 spiro atoms. The molecule has 2 aliphatic rings. The summed E-state index contributed by atoms with van der Waals surface area (Å²) in [6, 6.07) is 11.7. The molecule has 0 bridgehead atoms. The highest BCUT2D eigenvalue weighted by atomic mass is 32.2. The highest BCUT2D eigenvalue weighted by molar-refractivity contribution is 7.91. The van der Waals surface area contributed by atoms with Gasteiger partial charge in [-0.05, 0) is 42.8 Å². The lowest BCUT2D eigenvalue weighted by molar-refractivity contribution is 0.0588. The Kier molecular flexibility index (Phi) is 4.58. The van der Waals surface area contributed by atoms with Crippen molar-refractivity contribution >= 4 is 15.7 Å². The number of sulfone groups is 1. The maximum absolute atomic E-state index is 12.7. The van der Waals surface area contributed by atoms with Crippen LogP contribution < -0.4 is 0 Å². The van der Waals surface area contributed by atoms with E-state index in [0.29, 0.717) is 24.4 Å². The van der Waals surface area contributed by atoms with Crippen molar-refractivity contribution in [1.82, 2.24) is 14.4 Å². The lowest BCUT2D eigenvalue weighted by Crippen LogP contribution is -2.52. The van der Waals surface area contributed by atoms with Crippen molar-refractivity contribution in [2.75, 3.05) is 37.7 Å². The number of amides is 1. The summed E-state index contributed by atoms with van der Waals surface area (Å²) in [5.41, 5.74) is 1.72. The van der Waals surface area contributed by atoms with Crippen LogP contribution in [0.5, 0.6) is 0 Å². The second-order valence-corrected chi connectivity index (χ2v) is 9.25. The SMILES string of the molecule is O=C(c1ccc(-n2cccc2)cc1)N1CCN([C@H]2CCS(=O)(=O)C2)CC1. The molecule has 0 unspecified atom stereocenters. The van der Waals surface area contributed by atoms with Gasteiger partial charge >= 0.3 is 0 Å². The monoisotopic (exact) mass is 373 g/mol. The number of rotatable bonds is 3. The third-order valence-corrected chi connectivity index (χ3v) is 7.09. The molecule has 2 fully saturated rings. The topological polar surface area (TPSA) is 62.6 Å². The minimum Gasteiger partial charge on any atom is -0.336 e. The largest absolute Gasteiger partial charge is 0.336 e. The number of hydrogen-bond donors (Lipinski definition) is 0. The van der Waals surface area contributed by atoms with Gasteiger partial charge in [-0.15, -0.1) is 0 Å². The van der Waals surface area contributed by atoms with Gasteiger partial charge in [0.25, 0.3) is 5.91 Å². The Morgan fingerprint density at radius 2 is 1.62 bits per heavy atom. The zero-order valence-corrected chi connectivity index (χ0v) is 15.4. The molecule has 2 aromatic rings. The molecule has 0 aliphatic carbocycles. The first kappa shape index (κ1) is 17.3. The van der Waals surface area contributed by atoms with E-state index in [1.165, 1.54) is 0 Å². The molecule has 0 N–H and O–H groups in total. The summed E-state index contributed by atoms with van der Waals surface area (Å²) in [5, 5.41) is 0. The second kappa shape index (κ2) is 6.89. The van der Waals surface area contributed by atoms with E-state index in [4.69, 9.17) is 0 Å². The van der Waals surface area contributed by atoms with Crippen molar-refractivity contribution in [2.45, 2.75) is 12.5 Å². The quantitative estimate of drug-likeness (QED) is 0.816. The average Bonchev–Trinajstić information content (AvgIpc) is 3.31. The molecule has 26 heavy (non-hydrogen) atoms. The Bertz CT molecular complexity index is 867. The van der Waals surface area contributed by atoms with Gasteiger partial charge in [0.15, 0.2) is 9.84 Å². The van der Waals surface area contributed by atoms with Crippen LogP contribution >= 0.6 is 0 Å². The summed E-state index contributed by atoms with van der Waals surface area (Å²) in [5.74, 6) is 0.606. The van der Waals surface area contributed by atoms with Gasteiger partial charge in [-0.3, -0.25) is 9.69 Å². The molecule has 0 radical (unpaired) electrons. The predicted octanol–water partition coefficient (Wildman–Crippen LogP) is 1.42. The zero-order valence-electron chi connectivity index (χ0n) is 14.6. The summed E-state index contributed by atoms with van der Waals surface area (Å²) in [6.07, 6.45) is 4.66. The smallest absolute Gasteiger partial charge is 0.253 e. The fourth-order valence-electron chi connectivity index (χ4n) is 3.82. The lowest BCUT2D eigenvalue weighted by Gasteiger charge is -2.37. The molecular formula is C19H23N3O3S. The van der Waals surface area contributed by atoms with Gasteiger partial charge in [0.05, 0.1) is 11.5 Å². The number of aromatic nitrogens is 1. The maximum Gasteiger partial charge on any atom is 0.253 e. The van der Waals surface area contributed by atoms with Gasteiger partial charge in [0, 0.05) is 55.9 Å². The molecule has 2 aliphatic heterocycles. The van der Waals surface area contributed by atoms with Crippen molar-refractivity contribution in [2.24, 2.45) is 0 Å². The van der Waals surface area contributed by atoms with E-state index in [9.17, 15) is 13.2 Å². The lowest BCUT2D eigenvalue weighted by atomic mass is 10.1. The third kappa shape index (κ3) is 3.54. The van der Waals surface area contributed by atoms with Crippen molar-refractivity contribution < 1.29 is 13.2 Å². The first-order valence-corrected chi connectivity index (χ1v) is 10.8. The summed E-state index contributed by atoms with van der Waals surface area (Å²) >= 11 is 0. The molecular weight excluding hydrogens is 350 g/mol. The molecule has 0 saturated carbocycles. The fraction of sp³-hybridized carbons (Fsp3) is 0.421. The Morgan fingerprint density at radius 1 is 0.962 bits per heavy atom. The Balaban J connectivity index is 1.36. The molecule has 6 nitrogen and oxygen atoms in total. The molecule has 1 aromatic carbocycles. The minimum absolute atomic E-state index is 0.0442. The van der Waals surface area contributed by atoms with Gasteiger partial charge in [-0.25, -0.2) is 8.42 Å². The first-order chi connectivity index (χ1) is 12.5. The molecule has 1 amide bonds. The van der Waals surface area contributed by atoms with E-state index in [1.54, 1.807) is 0 Å². The third-order valence-electron chi connectivity index (χ3n) is 5.34. The van der Waals surface area contributed by atoms with Crippen LogP contribution in [0.2, 0.25) is 0 Å². The molecule has 2 saturated heterocycles. The number of nitrogens with zero attached hydrogens (tertiary/aromatic N) is 3. The van der Waals surface area contributed by atoms with Gasteiger partial charge in [-0.1, -0.05) is 0 Å². The summed E-state index contributed by atoms with van der Waals surface area (Å²) in [6.45, 7) is 2.78. The Labute approximate surface area is 153 Å². The number of carbonyl (C=O) groups excluding carboxylic acids is 1. The summed E-state index contributed by atoms with van der Waals surface area (Å²) in [4.78, 5) is 16.8. The molecule has 4 rings (SSSR count). The first-order valence-electron chi connectivity index (χ1n) is 8.99. The van der Waals surface area contributed by atoms with E-state index < -0.39 is 9.84 Å². The van der Waals surface area contributed by atoms with Gasteiger partial charge in [-0.2, -0.15) is 0 Å². The highest BCUT2D eigenvalue weighted by Gasteiger charge is 2.34. The standard InChI is InChI=1S/C19H23N3O3S/c23-19(16-3-5-17(6-4-16)20-8-1-2-9-20)22-12-10-21(11-13-22)18-7-14-26(24,25)15-18/h1-6,8-9,18H,7,10-15H2/t18-/m0/s1. The average molecular weight is 373 g/mol. The normalized spacial score (nSPS) is 23.2. The van der Waals surface area contributed by atoms with Crippen molar-refractivity contribution in [1.29, 1.82) is 0 Å². The highest BCUT2D eigenvalue weighted by Crippen LogP contribution is 2.20. The van der Waals surface area contributed by atoms with Crippen LogP contribution in [0.1, 0.15) is 16.8 Å². The Morgan fingerprint density at radius 3 is 2.19 bits per heavy atom. The zero-order chi connectivity index (χ0) is 18.1. The fourth-order valence-corrected chi connectivity index (χ4v) is 5.58. The minimum atomic E-state index is -2.86. The van der Waals surface area contributed by atoms with E-state index in [0.717, 1.165) is 25.2 Å². The maximum atomic E-state index is 12.7. The second-order valence-electron chi connectivity index (χ2n) is 7.02. The van der Waals surface area contributed by atoms with Crippen LogP contribution in [0.25, 0.3) is 5.69 Å². The van der Waals surface area contributed by atoms with Crippen molar-refractivity contribution in [3.05, 3.63) is 54.4 Å². The van der Waals surface area contributed by atoms with Crippen LogP contribution in [-0.2, 0) is 9.84 Å². The number of benzene rings is 1. The van der Waals surface area contributed by atoms with Gasteiger partial charge < -0.3 is 9.47 Å². The molecule has 138 valence electrons. The van der Waals surface area contributed by atoms with Crippen LogP contribution in [-0.4, -0.2) is 72.4 Å². The number of piperazine rings is 1. The summed E-state index contributed by atoms with van der Waals surface area (Å²) in [7, 11) is -2.86. The van der Waals surface area contributed by atoms with Crippen LogP contribution in [0, 0.1) is 0 Å². The molecule has 7 heteroatoms. The van der Waals surface area contributed by atoms with Crippen molar-refractivity contribution in [3.63, 3.8) is 0 Å². The van der Waals surface area contributed by atoms with E-state index >= 15 is 0 Å². The Hall–Kier alpha value is -2.12. The van der Waals surface area contributed by atoms with Crippen LogP contribution in [0.15, 0.2) is 48.8 Å². The van der Waals surface area contributed by atoms with E-state index in [-0.39, 0.29) is 17.7 Å². The van der Waals surface area contributed by atoms with Crippen LogP contribution in [0.3, 0.4) is 0 Å². The van der Waals surface area contributed by atoms with Crippen molar-refractivity contribution in [3.8, 4) is 5.69 Å². The molecule has 3 heterocycles. The molecule has 1 atom stereocenters. The van der Waals surface area contributed by atoms with E-state index in [2.05, 4.69) is 4.90 Å². The van der Waals surface area contributed by atoms with Gasteiger partial charge in [0.1, 0.15) is 0 Å². The number of hydrogen-bond acceptors (Lipinski definition) is 4.